The highest BCUT2D eigenvalue weighted by Gasteiger charge is 2.30. The van der Waals surface area contributed by atoms with E-state index in [9.17, 15) is 4.79 Å². The molecule has 2 aliphatic rings. The van der Waals surface area contributed by atoms with Crippen LogP contribution in [0.3, 0.4) is 0 Å². The summed E-state index contributed by atoms with van der Waals surface area (Å²) in [4.78, 5) is 17.8. The van der Waals surface area contributed by atoms with E-state index in [2.05, 4.69) is 43.6 Å². The Hall–Kier alpha value is -1.86. The monoisotopic (exact) mass is 427 g/mol. The van der Waals surface area contributed by atoms with Crippen molar-refractivity contribution in [3.63, 3.8) is 0 Å². The lowest BCUT2D eigenvalue weighted by molar-refractivity contribution is -0.134. The van der Waals surface area contributed by atoms with E-state index in [1.54, 1.807) is 0 Å². The van der Waals surface area contributed by atoms with Gasteiger partial charge in [-0.05, 0) is 70.7 Å². The lowest BCUT2D eigenvalue weighted by atomic mass is 10.00. The summed E-state index contributed by atoms with van der Waals surface area (Å²) < 4.78 is 2.14. The van der Waals surface area contributed by atoms with Crippen molar-refractivity contribution in [2.45, 2.75) is 75.4 Å². The molecule has 3 heterocycles. The average molecular weight is 428 g/mol. The van der Waals surface area contributed by atoms with Gasteiger partial charge in [0, 0.05) is 18.3 Å². The molecule has 2 aromatic rings. The van der Waals surface area contributed by atoms with Gasteiger partial charge in [0.25, 0.3) is 0 Å². The second kappa shape index (κ2) is 9.96. The van der Waals surface area contributed by atoms with Crippen LogP contribution in [0.1, 0.15) is 58.2 Å². The maximum Gasteiger partial charge on any atom is 0.236 e. The van der Waals surface area contributed by atoms with Crippen LogP contribution in [-0.2, 0) is 11.3 Å². The first kappa shape index (κ1) is 21.4. The lowest BCUT2D eigenvalue weighted by Gasteiger charge is -2.36. The van der Waals surface area contributed by atoms with Gasteiger partial charge in [0.15, 0.2) is 11.0 Å². The summed E-state index contributed by atoms with van der Waals surface area (Å²) >= 11 is 1.54. The van der Waals surface area contributed by atoms with E-state index in [-0.39, 0.29) is 11.2 Å². The summed E-state index contributed by atoms with van der Waals surface area (Å²) in [5.74, 6) is 1.19. The van der Waals surface area contributed by atoms with E-state index in [0.29, 0.717) is 6.04 Å². The molecule has 30 heavy (non-hydrogen) atoms. The van der Waals surface area contributed by atoms with Crippen LogP contribution < -0.4 is 0 Å². The Labute approximate surface area is 184 Å². The van der Waals surface area contributed by atoms with Gasteiger partial charge < -0.3 is 4.90 Å². The SMILES string of the molecule is CC[C@H]1CCCCN1C(=O)[C@@H](C)Sc1nnc(CN2CCCC2)n1-c1ccccc1. The van der Waals surface area contributed by atoms with E-state index in [0.717, 1.165) is 62.1 Å². The number of thioether (sulfide) groups is 1. The number of likely N-dealkylation sites (tertiary alicyclic amines) is 2. The molecule has 1 aromatic heterocycles. The maximum absolute atomic E-state index is 13.2. The molecule has 2 aliphatic heterocycles. The van der Waals surface area contributed by atoms with Gasteiger partial charge in [-0.15, -0.1) is 10.2 Å². The molecular weight excluding hydrogens is 394 g/mol. The van der Waals surface area contributed by atoms with Crippen LogP contribution in [0.25, 0.3) is 5.69 Å². The van der Waals surface area contributed by atoms with Crippen molar-refractivity contribution in [2.24, 2.45) is 0 Å². The van der Waals surface area contributed by atoms with Gasteiger partial charge in [0.05, 0.1) is 11.8 Å². The number of carbonyl (C=O) groups excluding carboxylic acids is 1. The predicted octanol–water partition coefficient (Wildman–Crippen LogP) is 4.13. The smallest absolute Gasteiger partial charge is 0.236 e. The van der Waals surface area contributed by atoms with Crippen LogP contribution in [0, 0.1) is 0 Å². The Morgan fingerprint density at radius 1 is 1.10 bits per heavy atom. The first-order chi connectivity index (χ1) is 14.7. The number of carbonyl (C=O) groups is 1. The number of rotatable bonds is 7. The Bertz CT molecular complexity index is 833. The fourth-order valence-corrected chi connectivity index (χ4v) is 5.57. The van der Waals surface area contributed by atoms with Crippen molar-refractivity contribution in [1.82, 2.24) is 24.6 Å². The zero-order valence-electron chi connectivity index (χ0n) is 18.2. The van der Waals surface area contributed by atoms with Crippen molar-refractivity contribution in [3.8, 4) is 5.69 Å². The van der Waals surface area contributed by atoms with E-state index in [4.69, 9.17) is 0 Å². The van der Waals surface area contributed by atoms with Gasteiger partial charge in [-0.2, -0.15) is 0 Å². The summed E-state index contributed by atoms with van der Waals surface area (Å²) in [6.07, 6.45) is 7.00. The third kappa shape index (κ3) is 4.72. The summed E-state index contributed by atoms with van der Waals surface area (Å²) in [5, 5.41) is 9.69. The molecule has 0 radical (unpaired) electrons. The first-order valence-corrected chi connectivity index (χ1v) is 12.2. The molecular formula is C23H33N5OS. The lowest BCUT2D eigenvalue weighted by Crippen LogP contribution is -2.46. The standard InChI is InChI=1S/C23H33N5OS/c1-3-19-11-7-8-16-27(19)22(29)18(2)30-23-25-24-21(17-26-14-9-10-15-26)28(23)20-12-5-4-6-13-20/h4-6,12-13,18-19H,3,7-11,14-17H2,1-2H3/t18-,19+/m1/s1. The van der Waals surface area contributed by atoms with Crippen LogP contribution in [0.4, 0.5) is 0 Å². The fourth-order valence-electron chi connectivity index (χ4n) is 4.61. The van der Waals surface area contributed by atoms with Gasteiger partial charge in [-0.3, -0.25) is 14.3 Å². The van der Waals surface area contributed by atoms with Gasteiger partial charge >= 0.3 is 0 Å². The second-order valence-corrected chi connectivity index (χ2v) is 9.71. The third-order valence-electron chi connectivity index (χ3n) is 6.29. The molecule has 0 unspecified atom stereocenters. The summed E-state index contributed by atoms with van der Waals surface area (Å²) in [6, 6.07) is 10.7. The van der Waals surface area contributed by atoms with Gasteiger partial charge in [0.1, 0.15) is 0 Å². The number of nitrogens with zero attached hydrogens (tertiary/aromatic N) is 5. The number of amides is 1. The number of hydrogen-bond donors (Lipinski definition) is 0. The maximum atomic E-state index is 13.2. The Kier molecular flexibility index (Phi) is 7.10. The molecule has 0 aliphatic carbocycles. The summed E-state index contributed by atoms with van der Waals surface area (Å²) in [6.45, 7) is 8.12. The van der Waals surface area contributed by atoms with E-state index in [1.807, 2.05) is 25.1 Å². The van der Waals surface area contributed by atoms with Gasteiger partial charge in [0.2, 0.25) is 5.91 Å². The van der Waals surface area contributed by atoms with E-state index < -0.39 is 0 Å². The van der Waals surface area contributed by atoms with Crippen LogP contribution in [0.5, 0.6) is 0 Å². The van der Waals surface area contributed by atoms with Crippen molar-refractivity contribution in [2.75, 3.05) is 19.6 Å². The van der Waals surface area contributed by atoms with Crippen LogP contribution in [-0.4, -0.2) is 61.4 Å². The molecule has 0 spiro atoms. The van der Waals surface area contributed by atoms with Crippen molar-refractivity contribution in [1.29, 1.82) is 0 Å². The van der Waals surface area contributed by atoms with Crippen molar-refractivity contribution >= 4 is 17.7 Å². The molecule has 2 saturated heterocycles. The Balaban J connectivity index is 1.55. The van der Waals surface area contributed by atoms with Crippen molar-refractivity contribution < 1.29 is 4.79 Å². The fraction of sp³-hybridized carbons (Fsp3) is 0.609. The quantitative estimate of drug-likeness (QED) is 0.622. The molecule has 162 valence electrons. The highest BCUT2D eigenvalue weighted by molar-refractivity contribution is 8.00. The highest BCUT2D eigenvalue weighted by atomic mass is 32.2. The zero-order chi connectivity index (χ0) is 20.9. The van der Waals surface area contributed by atoms with E-state index in [1.165, 1.54) is 31.0 Å². The normalized spacial score (nSPS) is 21.1. The molecule has 7 heteroatoms. The molecule has 0 N–H and O–H groups in total. The number of para-hydroxylation sites is 1. The first-order valence-electron chi connectivity index (χ1n) is 11.4. The molecule has 0 bridgehead atoms. The molecule has 1 aromatic carbocycles. The molecule has 4 rings (SSSR count). The van der Waals surface area contributed by atoms with Gasteiger partial charge in [-0.1, -0.05) is 36.9 Å². The number of hydrogen-bond acceptors (Lipinski definition) is 5. The minimum Gasteiger partial charge on any atom is -0.339 e. The third-order valence-corrected chi connectivity index (χ3v) is 7.32. The summed E-state index contributed by atoms with van der Waals surface area (Å²) in [7, 11) is 0. The van der Waals surface area contributed by atoms with Crippen LogP contribution in [0.15, 0.2) is 35.5 Å². The minimum absolute atomic E-state index is 0.177. The highest BCUT2D eigenvalue weighted by Crippen LogP contribution is 2.29. The largest absolute Gasteiger partial charge is 0.339 e. The zero-order valence-corrected chi connectivity index (χ0v) is 19.0. The Morgan fingerprint density at radius 2 is 1.83 bits per heavy atom. The second-order valence-electron chi connectivity index (χ2n) is 8.40. The molecule has 2 atom stereocenters. The average Bonchev–Trinajstić information content (AvgIpc) is 3.44. The number of aromatic nitrogens is 3. The van der Waals surface area contributed by atoms with Crippen molar-refractivity contribution in [3.05, 3.63) is 36.2 Å². The minimum atomic E-state index is -0.177. The summed E-state index contributed by atoms with van der Waals surface area (Å²) in [5.41, 5.74) is 1.06. The predicted molar refractivity (Wildman–Crippen MR) is 121 cm³/mol. The Morgan fingerprint density at radius 3 is 2.57 bits per heavy atom. The molecule has 2 fully saturated rings. The van der Waals surface area contributed by atoms with E-state index >= 15 is 0 Å². The number of piperidine rings is 1. The van der Waals surface area contributed by atoms with Crippen LogP contribution >= 0.6 is 11.8 Å². The topological polar surface area (TPSA) is 54.3 Å². The molecule has 1 amide bonds. The van der Waals surface area contributed by atoms with Crippen LogP contribution in [0.2, 0.25) is 0 Å². The number of benzene rings is 1. The molecule has 6 nitrogen and oxygen atoms in total. The molecule has 0 saturated carbocycles. The van der Waals surface area contributed by atoms with Gasteiger partial charge in [-0.25, -0.2) is 0 Å².